The summed E-state index contributed by atoms with van der Waals surface area (Å²) in [6, 6.07) is 8.83. The molecule has 10 heteroatoms. The number of aryl methyl sites for hydroxylation is 1. The zero-order valence-corrected chi connectivity index (χ0v) is 19.5. The molecule has 2 aromatic heterocycles. The Hall–Kier alpha value is -2.07. The van der Waals surface area contributed by atoms with Gasteiger partial charge >= 0.3 is 0 Å². The average Bonchev–Trinajstić information content (AvgIpc) is 3.38. The number of nitrogens with one attached hydrogen (secondary N) is 1. The Kier molecular flexibility index (Phi) is 5.24. The van der Waals surface area contributed by atoms with Crippen molar-refractivity contribution in [2.75, 3.05) is 44.7 Å². The van der Waals surface area contributed by atoms with Crippen molar-refractivity contribution in [2.24, 2.45) is 0 Å². The van der Waals surface area contributed by atoms with Crippen LogP contribution in [0.25, 0.3) is 10.9 Å². The van der Waals surface area contributed by atoms with Crippen molar-refractivity contribution in [3.05, 3.63) is 45.1 Å². The summed E-state index contributed by atoms with van der Waals surface area (Å²) in [7, 11) is -1.61. The van der Waals surface area contributed by atoms with Gasteiger partial charge in [-0.25, -0.2) is 8.42 Å². The van der Waals surface area contributed by atoms with Crippen LogP contribution < -0.4 is 4.90 Å². The molecule has 2 aliphatic rings. The normalized spacial score (nSPS) is 17.9. The summed E-state index contributed by atoms with van der Waals surface area (Å²) >= 11 is 7.58. The van der Waals surface area contributed by atoms with Crippen LogP contribution in [0.4, 0.5) is 5.69 Å². The Balaban J connectivity index is 1.30. The SMILES string of the molecule is CN1CCCc2sc(C(=O)N3CCN(S(=O)(=O)c4cc5cc(Cl)ccc5[nH]4)CC3)cc21. The molecule has 4 heterocycles. The molecule has 1 amide bonds. The standard InChI is InChI=1S/C21H23ClN4O3S2/c1-24-6-2-3-18-17(24)13-19(30-18)21(27)25-7-9-26(10-8-25)31(28,29)20-12-14-11-15(22)4-5-16(14)23-20/h4-5,11-13,23H,2-3,6-10H2,1H3. The van der Waals surface area contributed by atoms with Gasteiger partial charge in [-0.2, -0.15) is 4.31 Å². The summed E-state index contributed by atoms with van der Waals surface area (Å²) < 4.78 is 27.7. The van der Waals surface area contributed by atoms with E-state index in [0.29, 0.717) is 18.1 Å². The molecule has 1 aromatic carbocycles. The number of halogens is 1. The first-order valence-corrected chi connectivity index (χ1v) is 12.9. The van der Waals surface area contributed by atoms with Crippen LogP contribution in [0.2, 0.25) is 5.02 Å². The van der Waals surface area contributed by atoms with Gasteiger partial charge in [0.05, 0.1) is 10.6 Å². The highest BCUT2D eigenvalue weighted by atomic mass is 35.5. The van der Waals surface area contributed by atoms with Crippen molar-refractivity contribution >= 4 is 55.5 Å². The van der Waals surface area contributed by atoms with E-state index in [2.05, 4.69) is 16.9 Å². The molecule has 3 aromatic rings. The van der Waals surface area contributed by atoms with Crippen molar-refractivity contribution in [3.8, 4) is 0 Å². The second-order valence-electron chi connectivity index (χ2n) is 8.01. The van der Waals surface area contributed by atoms with Crippen molar-refractivity contribution in [2.45, 2.75) is 17.9 Å². The number of sulfonamides is 1. The van der Waals surface area contributed by atoms with Crippen LogP contribution >= 0.6 is 22.9 Å². The predicted molar refractivity (Wildman–Crippen MR) is 124 cm³/mol. The highest BCUT2D eigenvalue weighted by Crippen LogP contribution is 2.35. The molecule has 0 spiro atoms. The minimum absolute atomic E-state index is 0.00916. The molecule has 1 saturated heterocycles. The van der Waals surface area contributed by atoms with Crippen LogP contribution in [0.15, 0.2) is 35.4 Å². The van der Waals surface area contributed by atoms with Crippen molar-refractivity contribution in [3.63, 3.8) is 0 Å². The summed E-state index contributed by atoms with van der Waals surface area (Å²) in [5.74, 6) is -0.00916. The lowest BCUT2D eigenvalue weighted by Gasteiger charge is -2.33. The summed E-state index contributed by atoms with van der Waals surface area (Å²) in [4.78, 5) is 22.0. The molecule has 164 valence electrons. The number of carbonyl (C=O) groups is 1. The Morgan fingerprint density at radius 2 is 1.87 bits per heavy atom. The lowest BCUT2D eigenvalue weighted by molar-refractivity contribution is 0.0702. The lowest BCUT2D eigenvalue weighted by atomic mass is 10.1. The topological polar surface area (TPSA) is 76.7 Å². The maximum atomic E-state index is 13.1. The lowest BCUT2D eigenvalue weighted by Crippen LogP contribution is -2.50. The fraction of sp³-hybridized carbons (Fsp3) is 0.381. The third-order valence-corrected chi connectivity index (χ3v) is 9.24. The number of hydrogen-bond acceptors (Lipinski definition) is 5. The summed E-state index contributed by atoms with van der Waals surface area (Å²) in [6.45, 7) is 2.31. The number of amides is 1. The highest BCUT2D eigenvalue weighted by Gasteiger charge is 2.32. The van der Waals surface area contributed by atoms with E-state index >= 15 is 0 Å². The molecule has 1 fully saturated rings. The number of piperazine rings is 1. The quantitative estimate of drug-likeness (QED) is 0.625. The van der Waals surface area contributed by atoms with Gasteiger partial charge in [-0.15, -0.1) is 11.3 Å². The van der Waals surface area contributed by atoms with E-state index in [-0.39, 0.29) is 24.0 Å². The molecule has 1 N–H and O–H groups in total. The molecule has 0 radical (unpaired) electrons. The van der Waals surface area contributed by atoms with Crippen LogP contribution in [-0.2, 0) is 16.4 Å². The van der Waals surface area contributed by atoms with Crippen molar-refractivity contribution in [1.82, 2.24) is 14.2 Å². The molecule has 0 saturated carbocycles. The van der Waals surface area contributed by atoms with Gasteiger partial charge in [0.25, 0.3) is 15.9 Å². The van der Waals surface area contributed by atoms with Crippen LogP contribution in [-0.4, -0.2) is 68.3 Å². The van der Waals surface area contributed by atoms with E-state index in [1.165, 1.54) is 9.18 Å². The van der Waals surface area contributed by atoms with Gasteiger partial charge in [0.2, 0.25) is 0 Å². The third-order valence-electron chi connectivity index (χ3n) is 6.01. The number of rotatable bonds is 3. The first-order chi connectivity index (χ1) is 14.8. The van der Waals surface area contributed by atoms with Crippen LogP contribution in [0.1, 0.15) is 21.0 Å². The number of aromatic nitrogens is 1. The number of benzene rings is 1. The van der Waals surface area contributed by atoms with Crippen LogP contribution in [0.5, 0.6) is 0 Å². The molecule has 0 bridgehead atoms. The first kappa shape index (κ1) is 20.8. The number of carbonyl (C=O) groups excluding carboxylic acids is 1. The van der Waals surface area contributed by atoms with E-state index in [1.54, 1.807) is 40.5 Å². The molecule has 0 aliphatic carbocycles. The predicted octanol–water partition coefficient (Wildman–Crippen LogP) is 3.41. The Bertz CT molecular complexity index is 1260. The summed E-state index contributed by atoms with van der Waals surface area (Å²) in [6.07, 6.45) is 2.12. The smallest absolute Gasteiger partial charge is 0.264 e. The van der Waals surface area contributed by atoms with Gasteiger partial charge < -0.3 is 14.8 Å². The van der Waals surface area contributed by atoms with E-state index in [9.17, 15) is 13.2 Å². The Morgan fingerprint density at radius 3 is 2.61 bits per heavy atom. The van der Waals surface area contributed by atoms with Gasteiger partial charge in [-0.05, 0) is 43.2 Å². The molecule has 0 atom stereocenters. The molecular formula is C21H23ClN4O3S2. The fourth-order valence-corrected chi connectivity index (χ4v) is 7.10. The monoisotopic (exact) mass is 478 g/mol. The number of H-pyrrole nitrogens is 1. The molecule has 31 heavy (non-hydrogen) atoms. The van der Waals surface area contributed by atoms with Crippen LogP contribution in [0.3, 0.4) is 0 Å². The maximum Gasteiger partial charge on any atom is 0.264 e. The second kappa shape index (κ2) is 7.81. The zero-order chi connectivity index (χ0) is 21.8. The molecule has 2 aliphatic heterocycles. The molecule has 7 nitrogen and oxygen atoms in total. The molecule has 0 unspecified atom stereocenters. The number of nitrogens with zero attached hydrogens (tertiary/aromatic N) is 3. The number of thiophene rings is 1. The van der Waals surface area contributed by atoms with E-state index in [4.69, 9.17) is 11.6 Å². The van der Waals surface area contributed by atoms with Gasteiger partial charge in [-0.3, -0.25) is 4.79 Å². The number of aromatic amines is 1. The molecule has 5 rings (SSSR count). The first-order valence-electron chi connectivity index (χ1n) is 10.2. The maximum absolute atomic E-state index is 13.1. The second-order valence-corrected chi connectivity index (χ2v) is 11.5. The van der Waals surface area contributed by atoms with Gasteiger partial charge in [0.1, 0.15) is 5.03 Å². The van der Waals surface area contributed by atoms with Crippen molar-refractivity contribution in [1.29, 1.82) is 0 Å². The largest absolute Gasteiger partial charge is 0.374 e. The minimum atomic E-state index is -3.67. The highest BCUT2D eigenvalue weighted by molar-refractivity contribution is 7.89. The number of fused-ring (bicyclic) bond motifs is 2. The minimum Gasteiger partial charge on any atom is -0.374 e. The summed E-state index contributed by atoms with van der Waals surface area (Å²) in [5.41, 5.74) is 1.88. The fourth-order valence-electron chi connectivity index (χ4n) is 4.27. The number of anilines is 1. The van der Waals surface area contributed by atoms with E-state index in [0.717, 1.165) is 40.9 Å². The zero-order valence-electron chi connectivity index (χ0n) is 17.1. The average molecular weight is 479 g/mol. The third kappa shape index (κ3) is 3.73. The summed E-state index contributed by atoms with van der Waals surface area (Å²) in [5, 5.41) is 1.47. The van der Waals surface area contributed by atoms with Crippen LogP contribution in [0, 0.1) is 0 Å². The van der Waals surface area contributed by atoms with Gasteiger partial charge in [-0.1, -0.05) is 11.6 Å². The Labute approximate surface area is 190 Å². The van der Waals surface area contributed by atoms with E-state index < -0.39 is 10.0 Å². The van der Waals surface area contributed by atoms with E-state index in [1.807, 2.05) is 6.07 Å². The van der Waals surface area contributed by atoms with Gasteiger partial charge in [0, 0.05) is 60.6 Å². The Morgan fingerprint density at radius 1 is 1.10 bits per heavy atom. The van der Waals surface area contributed by atoms with Crippen molar-refractivity contribution < 1.29 is 13.2 Å². The molecular weight excluding hydrogens is 456 g/mol. The number of hydrogen-bond donors (Lipinski definition) is 1. The van der Waals surface area contributed by atoms with Gasteiger partial charge in [0.15, 0.2) is 0 Å².